The first-order valence-electron chi connectivity index (χ1n) is 8.29. The molecule has 0 atom stereocenters. The predicted octanol–water partition coefficient (Wildman–Crippen LogP) is 1.68. The van der Waals surface area contributed by atoms with Crippen molar-refractivity contribution in [1.82, 2.24) is 15.8 Å². The molecular formula is C16H30N4O3S. The van der Waals surface area contributed by atoms with Crippen molar-refractivity contribution >= 4 is 15.8 Å². The van der Waals surface area contributed by atoms with E-state index in [1.165, 1.54) is 0 Å². The van der Waals surface area contributed by atoms with Crippen molar-refractivity contribution in [3.63, 3.8) is 0 Å². The summed E-state index contributed by atoms with van der Waals surface area (Å²) in [5, 5.41) is 10.3. The van der Waals surface area contributed by atoms with Gasteiger partial charge in [0.2, 0.25) is 0 Å². The Hall–Kier alpha value is -1.57. The van der Waals surface area contributed by atoms with Gasteiger partial charge in [0.05, 0.1) is 16.2 Å². The van der Waals surface area contributed by atoms with E-state index in [1.54, 1.807) is 27.8 Å². The van der Waals surface area contributed by atoms with E-state index in [9.17, 15) is 8.42 Å². The third kappa shape index (κ3) is 5.22. The molecular weight excluding hydrogens is 328 g/mol. The molecule has 0 unspecified atom stereocenters. The van der Waals surface area contributed by atoms with Gasteiger partial charge in [-0.25, -0.2) is 8.42 Å². The van der Waals surface area contributed by atoms with Crippen LogP contribution in [0.1, 0.15) is 51.6 Å². The molecule has 0 saturated heterocycles. The summed E-state index contributed by atoms with van der Waals surface area (Å²) in [6.07, 6.45) is 1.58. The molecule has 2 N–H and O–H groups in total. The van der Waals surface area contributed by atoms with Crippen LogP contribution in [0, 0.1) is 0 Å². The standard InChI is InChI=1S/C16H30N4O3S/c1-7-13-12(14(8-2)23-20-13)11-19-15(17-6)18-9-10-24(21,22)16(3,4)5/h7-11H2,1-6H3,(H2,17,18,19). The monoisotopic (exact) mass is 358 g/mol. The number of aromatic nitrogens is 1. The van der Waals surface area contributed by atoms with Crippen LogP contribution >= 0.6 is 0 Å². The van der Waals surface area contributed by atoms with E-state index in [-0.39, 0.29) is 5.75 Å². The molecule has 0 amide bonds. The van der Waals surface area contributed by atoms with Crippen LogP contribution in [0.4, 0.5) is 0 Å². The lowest BCUT2D eigenvalue weighted by molar-refractivity contribution is 0.380. The van der Waals surface area contributed by atoms with Gasteiger partial charge in [-0.3, -0.25) is 4.99 Å². The topological polar surface area (TPSA) is 96.6 Å². The lowest BCUT2D eigenvalue weighted by atomic mass is 10.1. The number of rotatable bonds is 7. The van der Waals surface area contributed by atoms with Crippen LogP contribution in [0.5, 0.6) is 0 Å². The van der Waals surface area contributed by atoms with Crippen molar-refractivity contribution in [2.45, 2.75) is 58.8 Å². The summed E-state index contributed by atoms with van der Waals surface area (Å²) in [6, 6.07) is 0. The highest BCUT2D eigenvalue weighted by Crippen LogP contribution is 2.16. The SMILES string of the molecule is CCc1noc(CC)c1CNC(=NC)NCCS(=O)(=O)C(C)(C)C. The van der Waals surface area contributed by atoms with E-state index in [1.807, 2.05) is 13.8 Å². The van der Waals surface area contributed by atoms with Crippen molar-refractivity contribution in [3.8, 4) is 0 Å². The van der Waals surface area contributed by atoms with Gasteiger partial charge in [0.1, 0.15) is 5.76 Å². The summed E-state index contributed by atoms with van der Waals surface area (Å²) in [5.74, 6) is 1.49. The predicted molar refractivity (Wildman–Crippen MR) is 97.0 cm³/mol. The average molecular weight is 359 g/mol. The maximum Gasteiger partial charge on any atom is 0.191 e. The quantitative estimate of drug-likeness (QED) is 0.569. The van der Waals surface area contributed by atoms with Crippen molar-refractivity contribution in [1.29, 1.82) is 0 Å². The van der Waals surface area contributed by atoms with Gasteiger partial charge in [0, 0.05) is 32.1 Å². The molecule has 0 aliphatic rings. The van der Waals surface area contributed by atoms with Crippen LogP contribution < -0.4 is 10.6 Å². The first kappa shape index (κ1) is 20.5. The number of aryl methyl sites for hydroxylation is 2. The fourth-order valence-electron chi connectivity index (χ4n) is 2.14. The minimum absolute atomic E-state index is 0.0604. The Morgan fingerprint density at radius 2 is 1.88 bits per heavy atom. The molecule has 1 aromatic rings. The van der Waals surface area contributed by atoms with Crippen LogP contribution in [-0.2, 0) is 29.2 Å². The summed E-state index contributed by atoms with van der Waals surface area (Å²) < 4.78 is 28.8. The molecule has 24 heavy (non-hydrogen) atoms. The first-order valence-corrected chi connectivity index (χ1v) is 9.94. The molecule has 0 radical (unpaired) electrons. The van der Waals surface area contributed by atoms with Crippen molar-refractivity contribution in [2.75, 3.05) is 19.3 Å². The summed E-state index contributed by atoms with van der Waals surface area (Å²) in [7, 11) is -1.50. The van der Waals surface area contributed by atoms with E-state index in [0.29, 0.717) is 19.0 Å². The summed E-state index contributed by atoms with van der Waals surface area (Å²) >= 11 is 0. The second-order valence-corrected chi connectivity index (χ2v) is 9.38. The largest absolute Gasteiger partial charge is 0.361 e. The number of hydrogen-bond donors (Lipinski definition) is 2. The molecule has 0 fully saturated rings. The smallest absolute Gasteiger partial charge is 0.191 e. The molecule has 7 nitrogen and oxygen atoms in total. The molecule has 1 aromatic heterocycles. The summed E-state index contributed by atoms with van der Waals surface area (Å²) in [4.78, 5) is 4.13. The molecule has 0 saturated carbocycles. The molecule has 0 aliphatic carbocycles. The fourth-order valence-corrected chi connectivity index (χ4v) is 3.12. The molecule has 0 aromatic carbocycles. The van der Waals surface area contributed by atoms with Crippen LogP contribution in [0.15, 0.2) is 9.52 Å². The maximum atomic E-state index is 12.1. The lowest BCUT2D eigenvalue weighted by Gasteiger charge is -2.19. The van der Waals surface area contributed by atoms with E-state index >= 15 is 0 Å². The number of guanidine groups is 1. The zero-order chi connectivity index (χ0) is 18.4. The minimum atomic E-state index is -3.15. The van der Waals surface area contributed by atoms with Gasteiger partial charge in [0.15, 0.2) is 15.8 Å². The average Bonchev–Trinajstić information content (AvgIpc) is 2.91. The minimum Gasteiger partial charge on any atom is -0.361 e. The second-order valence-electron chi connectivity index (χ2n) is 6.52. The number of nitrogens with one attached hydrogen (secondary N) is 2. The van der Waals surface area contributed by atoms with Gasteiger partial charge in [0.25, 0.3) is 0 Å². The fraction of sp³-hybridized carbons (Fsp3) is 0.750. The lowest BCUT2D eigenvalue weighted by Crippen LogP contribution is -2.41. The zero-order valence-electron chi connectivity index (χ0n) is 15.6. The van der Waals surface area contributed by atoms with Crippen LogP contribution in [0.25, 0.3) is 0 Å². The Morgan fingerprint density at radius 1 is 1.21 bits per heavy atom. The third-order valence-electron chi connectivity index (χ3n) is 3.86. The van der Waals surface area contributed by atoms with E-state index in [0.717, 1.165) is 29.9 Å². The van der Waals surface area contributed by atoms with Gasteiger partial charge in [-0.2, -0.15) is 0 Å². The van der Waals surface area contributed by atoms with Crippen molar-refractivity contribution in [2.24, 2.45) is 4.99 Å². The Morgan fingerprint density at radius 3 is 2.38 bits per heavy atom. The van der Waals surface area contributed by atoms with Gasteiger partial charge >= 0.3 is 0 Å². The summed E-state index contributed by atoms with van der Waals surface area (Å²) in [5.41, 5.74) is 1.98. The van der Waals surface area contributed by atoms with Crippen LogP contribution in [0.2, 0.25) is 0 Å². The Kier molecular flexibility index (Phi) is 7.26. The Balaban J connectivity index is 2.60. The van der Waals surface area contributed by atoms with Crippen molar-refractivity contribution in [3.05, 3.63) is 17.0 Å². The number of nitrogens with zero attached hydrogens (tertiary/aromatic N) is 2. The van der Waals surface area contributed by atoms with Crippen LogP contribution in [-0.4, -0.2) is 43.6 Å². The molecule has 8 heteroatoms. The zero-order valence-corrected chi connectivity index (χ0v) is 16.4. The molecule has 1 heterocycles. The molecule has 1 rings (SSSR count). The third-order valence-corrected chi connectivity index (χ3v) is 6.47. The summed E-state index contributed by atoms with van der Waals surface area (Å²) in [6.45, 7) is 10.0. The highest BCUT2D eigenvalue weighted by Gasteiger charge is 2.28. The van der Waals surface area contributed by atoms with E-state index < -0.39 is 14.6 Å². The first-order chi connectivity index (χ1) is 11.2. The maximum absolute atomic E-state index is 12.1. The molecule has 0 spiro atoms. The Labute approximate surface area is 145 Å². The van der Waals surface area contributed by atoms with E-state index in [4.69, 9.17) is 4.52 Å². The van der Waals surface area contributed by atoms with Gasteiger partial charge in [-0.1, -0.05) is 19.0 Å². The van der Waals surface area contributed by atoms with Crippen molar-refractivity contribution < 1.29 is 12.9 Å². The van der Waals surface area contributed by atoms with Gasteiger partial charge < -0.3 is 15.2 Å². The van der Waals surface area contributed by atoms with E-state index in [2.05, 4.69) is 20.8 Å². The van der Waals surface area contributed by atoms with Crippen LogP contribution in [0.3, 0.4) is 0 Å². The van der Waals surface area contributed by atoms with Gasteiger partial charge in [-0.15, -0.1) is 0 Å². The van der Waals surface area contributed by atoms with Gasteiger partial charge in [-0.05, 0) is 27.2 Å². The highest BCUT2D eigenvalue weighted by molar-refractivity contribution is 7.92. The number of aliphatic imine (C=N–C) groups is 1. The normalized spacial score (nSPS) is 13.2. The molecule has 138 valence electrons. The Bertz CT molecular complexity index is 636. The second kappa shape index (κ2) is 8.50. The number of hydrogen-bond acceptors (Lipinski definition) is 5. The molecule has 0 bridgehead atoms. The number of sulfone groups is 1. The molecule has 0 aliphatic heterocycles. The highest BCUT2D eigenvalue weighted by atomic mass is 32.2.